The molecule has 2 aliphatic rings. The van der Waals surface area contributed by atoms with Crippen LogP contribution in [0.25, 0.3) is 21.8 Å². The lowest BCUT2D eigenvalue weighted by atomic mass is 9.89. The van der Waals surface area contributed by atoms with E-state index in [9.17, 15) is 14.0 Å². The number of benzene rings is 2. The van der Waals surface area contributed by atoms with Crippen LogP contribution >= 0.6 is 11.6 Å². The van der Waals surface area contributed by atoms with Gasteiger partial charge in [0.25, 0.3) is 11.8 Å². The van der Waals surface area contributed by atoms with Crippen LogP contribution < -0.4 is 5.73 Å². The van der Waals surface area contributed by atoms with Gasteiger partial charge in [-0.3, -0.25) is 9.59 Å². The van der Waals surface area contributed by atoms with Crippen molar-refractivity contribution in [2.24, 2.45) is 5.73 Å². The summed E-state index contributed by atoms with van der Waals surface area (Å²) in [5, 5.41) is 1.87. The Kier molecular flexibility index (Phi) is 5.23. The van der Waals surface area contributed by atoms with Gasteiger partial charge in [0.15, 0.2) is 0 Å². The van der Waals surface area contributed by atoms with E-state index >= 15 is 0 Å². The van der Waals surface area contributed by atoms with E-state index in [0.29, 0.717) is 48.0 Å². The van der Waals surface area contributed by atoms with Crippen molar-refractivity contribution in [3.05, 3.63) is 70.0 Å². The van der Waals surface area contributed by atoms with Crippen molar-refractivity contribution >= 4 is 45.2 Å². The number of nitrogens with one attached hydrogen (secondary N) is 1. The molecule has 3 aromatic rings. The summed E-state index contributed by atoms with van der Waals surface area (Å²) < 4.78 is 19.4. The maximum Gasteiger partial charge on any atom is 0.254 e. The number of nitrogens with two attached hydrogens (primary N) is 1. The Labute approximate surface area is 188 Å². The van der Waals surface area contributed by atoms with Crippen molar-refractivity contribution in [1.82, 2.24) is 9.88 Å². The molecule has 1 aliphatic heterocycles. The number of ether oxygens (including phenoxy) is 1. The van der Waals surface area contributed by atoms with Crippen molar-refractivity contribution in [2.75, 3.05) is 26.3 Å². The van der Waals surface area contributed by atoms with Crippen molar-refractivity contribution in [3.8, 4) is 0 Å². The first kappa shape index (κ1) is 20.7. The summed E-state index contributed by atoms with van der Waals surface area (Å²) in [6.07, 6.45) is 3.21. The molecule has 6 nitrogen and oxygen atoms in total. The predicted octanol–water partition coefficient (Wildman–Crippen LogP) is 4.36. The van der Waals surface area contributed by atoms with Gasteiger partial charge in [0.1, 0.15) is 5.83 Å². The van der Waals surface area contributed by atoms with E-state index in [1.54, 1.807) is 23.1 Å². The zero-order valence-corrected chi connectivity index (χ0v) is 17.9. The maximum atomic E-state index is 14.0. The zero-order chi connectivity index (χ0) is 22.4. The minimum atomic E-state index is -0.588. The third kappa shape index (κ3) is 3.67. The maximum absolute atomic E-state index is 14.0. The second-order valence-electron chi connectivity index (χ2n) is 8.10. The van der Waals surface area contributed by atoms with Gasteiger partial charge in [-0.2, -0.15) is 0 Å². The van der Waals surface area contributed by atoms with Gasteiger partial charge in [-0.25, -0.2) is 4.39 Å². The number of rotatable bonds is 3. The number of allylic oxidation sites excluding steroid dienone is 4. The number of fused-ring (bicyclic) bond motifs is 3. The summed E-state index contributed by atoms with van der Waals surface area (Å²) in [6.45, 7) is 2.15. The summed E-state index contributed by atoms with van der Waals surface area (Å²) in [7, 11) is 0. The molecule has 0 bridgehead atoms. The number of nitrogens with zero attached hydrogens (tertiary/aromatic N) is 1. The lowest BCUT2D eigenvalue weighted by molar-refractivity contribution is 0.0303. The Morgan fingerprint density at radius 1 is 1.16 bits per heavy atom. The zero-order valence-electron chi connectivity index (χ0n) is 17.2. The fourth-order valence-corrected chi connectivity index (χ4v) is 4.72. The first-order valence-corrected chi connectivity index (χ1v) is 10.8. The third-order valence-corrected chi connectivity index (χ3v) is 6.27. The van der Waals surface area contributed by atoms with Crippen LogP contribution in [0.1, 0.15) is 38.6 Å². The molecule has 1 fully saturated rings. The molecule has 8 heteroatoms. The molecule has 2 amide bonds. The van der Waals surface area contributed by atoms with Crippen molar-refractivity contribution in [1.29, 1.82) is 0 Å². The molecule has 0 radical (unpaired) electrons. The van der Waals surface area contributed by atoms with Crippen molar-refractivity contribution in [3.63, 3.8) is 0 Å². The summed E-state index contributed by atoms with van der Waals surface area (Å²) in [5.41, 5.74) is 8.65. The van der Waals surface area contributed by atoms with Gasteiger partial charge in [-0.05, 0) is 42.0 Å². The molecule has 32 heavy (non-hydrogen) atoms. The number of H-pyrrole nitrogens is 1. The number of hydrogen-bond donors (Lipinski definition) is 2. The number of aromatic amines is 1. The topological polar surface area (TPSA) is 88.4 Å². The molecule has 0 spiro atoms. The van der Waals surface area contributed by atoms with Gasteiger partial charge >= 0.3 is 0 Å². The number of aromatic nitrogens is 1. The van der Waals surface area contributed by atoms with Gasteiger partial charge in [0.05, 0.1) is 24.3 Å². The number of carbonyl (C=O) groups excluding carboxylic acids is 2. The molecule has 1 unspecified atom stereocenters. The highest BCUT2D eigenvalue weighted by Crippen LogP contribution is 2.37. The summed E-state index contributed by atoms with van der Waals surface area (Å²) >= 11 is 6.08. The first-order valence-electron chi connectivity index (χ1n) is 10.4. The highest BCUT2D eigenvalue weighted by atomic mass is 35.5. The van der Waals surface area contributed by atoms with Crippen LogP contribution in [0.4, 0.5) is 4.39 Å². The fraction of sp³-hybridized carbons (Fsp3) is 0.250. The Bertz CT molecular complexity index is 1320. The number of morpholine rings is 1. The van der Waals surface area contributed by atoms with Crippen LogP contribution in [0, 0.1) is 0 Å². The number of carbonyl (C=O) groups is 2. The van der Waals surface area contributed by atoms with Gasteiger partial charge in [0.2, 0.25) is 0 Å². The van der Waals surface area contributed by atoms with Gasteiger partial charge in [-0.1, -0.05) is 17.7 Å². The van der Waals surface area contributed by atoms with Crippen molar-refractivity contribution in [2.45, 2.75) is 12.3 Å². The Morgan fingerprint density at radius 3 is 2.66 bits per heavy atom. The lowest BCUT2D eigenvalue weighted by Crippen LogP contribution is -2.40. The van der Waals surface area contributed by atoms with Crippen molar-refractivity contribution < 1.29 is 18.7 Å². The number of hydrogen-bond acceptors (Lipinski definition) is 3. The number of amides is 2. The smallest absolute Gasteiger partial charge is 0.254 e. The van der Waals surface area contributed by atoms with E-state index in [2.05, 4.69) is 4.98 Å². The van der Waals surface area contributed by atoms with E-state index in [0.717, 1.165) is 21.9 Å². The van der Waals surface area contributed by atoms with E-state index in [-0.39, 0.29) is 24.1 Å². The van der Waals surface area contributed by atoms with Crippen LogP contribution in [0.15, 0.2) is 53.3 Å². The summed E-state index contributed by atoms with van der Waals surface area (Å²) in [6, 6.07) is 9.01. The highest BCUT2D eigenvalue weighted by molar-refractivity contribution is 6.31. The predicted molar refractivity (Wildman–Crippen MR) is 122 cm³/mol. The Morgan fingerprint density at radius 2 is 1.94 bits per heavy atom. The minimum absolute atomic E-state index is 0.0648. The van der Waals surface area contributed by atoms with Crippen LogP contribution in [0.2, 0.25) is 0 Å². The fourth-order valence-electron chi connectivity index (χ4n) is 4.44. The van der Waals surface area contributed by atoms with Crippen LogP contribution in [0.5, 0.6) is 0 Å². The number of halogens is 2. The molecular weight excluding hydrogens is 433 g/mol. The molecule has 0 saturated carbocycles. The van der Waals surface area contributed by atoms with Crippen LogP contribution in [0.3, 0.4) is 0 Å². The SMILES string of the molecule is NC(=O)c1cc(C2C=C(Cl)C=C(F)C2)cc2c1[nH]c1ccc(C(=O)N3CCOCC3)cc12. The Hall–Kier alpha value is -3.16. The quantitative estimate of drug-likeness (QED) is 0.617. The molecule has 1 aliphatic carbocycles. The first-order chi connectivity index (χ1) is 15.4. The normalized spacial score (nSPS) is 19.2. The second kappa shape index (κ2) is 8.07. The third-order valence-electron chi connectivity index (χ3n) is 6.04. The largest absolute Gasteiger partial charge is 0.378 e. The molecule has 5 rings (SSSR count). The Balaban J connectivity index is 1.65. The molecular formula is C24H21ClFN3O3. The lowest BCUT2D eigenvalue weighted by Gasteiger charge is -2.26. The minimum Gasteiger partial charge on any atom is -0.378 e. The van der Waals surface area contributed by atoms with E-state index in [1.807, 2.05) is 18.2 Å². The molecule has 2 aromatic carbocycles. The average molecular weight is 454 g/mol. The molecule has 1 atom stereocenters. The monoisotopic (exact) mass is 453 g/mol. The van der Waals surface area contributed by atoms with Gasteiger partial charge < -0.3 is 20.4 Å². The van der Waals surface area contributed by atoms with Gasteiger partial charge in [0, 0.05) is 52.3 Å². The van der Waals surface area contributed by atoms with E-state index in [4.69, 9.17) is 22.1 Å². The molecule has 2 heterocycles. The van der Waals surface area contributed by atoms with E-state index in [1.165, 1.54) is 6.08 Å². The van der Waals surface area contributed by atoms with Crippen LogP contribution in [-0.4, -0.2) is 48.0 Å². The van der Waals surface area contributed by atoms with Gasteiger partial charge in [-0.15, -0.1) is 0 Å². The van der Waals surface area contributed by atoms with E-state index < -0.39 is 5.91 Å². The molecule has 1 aromatic heterocycles. The molecule has 1 saturated heterocycles. The molecule has 164 valence electrons. The second-order valence-corrected chi connectivity index (χ2v) is 8.54. The average Bonchev–Trinajstić information content (AvgIpc) is 3.15. The summed E-state index contributed by atoms with van der Waals surface area (Å²) in [4.78, 5) is 30.2. The summed E-state index contributed by atoms with van der Waals surface area (Å²) in [5.74, 6) is -1.29. The molecule has 3 N–H and O–H groups in total. The number of primary amides is 1. The van der Waals surface area contributed by atoms with Crippen LogP contribution in [-0.2, 0) is 4.74 Å². The highest BCUT2D eigenvalue weighted by Gasteiger charge is 2.23. The standard InChI is InChI=1S/C24H21ClFN3O3/c25-16-7-14(8-17(26)12-16)15-10-19-18-9-13(24(31)29-3-5-32-6-4-29)1-2-21(18)28-22(19)20(11-15)23(27)30/h1-2,7,9-12,14,28H,3-6,8H2,(H2,27,30).